The van der Waals surface area contributed by atoms with Crippen molar-refractivity contribution in [3.05, 3.63) is 146 Å². The summed E-state index contributed by atoms with van der Waals surface area (Å²) >= 11 is 0. The highest BCUT2D eigenvalue weighted by atomic mass is 32.2. The van der Waals surface area contributed by atoms with E-state index in [4.69, 9.17) is 0 Å². The molecule has 48 heavy (non-hydrogen) atoms. The minimum atomic E-state index is -4.75. The Bertz CT molecular complexity index is 2840. The first kappa shape index (κ1) is 31.4. The molecule has 0 radical (unpaired) electrons. The lowest BCUT2D eigenvalue weighted by Gasteiger charge is -2.07. The normalized spacial score (nSPS) is 13.6. The van der Waals surface area contributed by atoms with E-state index in [0.717, 1.165) is 0 Å². The van der Waals surface area contributed by atoms with Crippen LogP contribution in [-0.2, 0) is 30.4 Å². The zero-order valence-electron chi connectivity index (χ0n) is 24.3. The molecule has 16 heteroatoms. The maximum Gasteiger partial charge on any atom is 0.296 e. The summed E-state index contributed by atoms with van der Waals surface area (Å²) in [6, 6.07) is 23.0. The zero-order chi connectivity index (χ0) is 34.0. The van der Waals surface area contributed by atoms with Crippen LogP contribution in [0.3, 0.4) is 0 Å². The average Bonchev–Trinajstić information content (AvgIpc) is 3.82. The Balaban J connectivity index is 1.53. The molecule has 0 atom stereocenters. The average molecular weight is 705 g/mol. The van der Waals surface area contributed by atoms with Crippen molar-refractivity contribution in [2.24, 2.45) is 0 Å². The fourth-order valence-electron chi connectivity index (χ4n) is 5.66. The van der Waals surface area contributed by atoms with Gasteiger partial charge in [0.25, 0.3) is 30.4 Å². The van der Waals surface area contributed by atoms with Gasteiger partial charge in [-0.25, -0.2) is 0 Å². The molecule has 0 spiro atoms. The van der Waals surface area contributed by atoms with Gasteiger partial charge in [0.2, 0.25) is 0 Å². The SMILES string of the molecule is O=S(=O)(O)c1ccc(C2=c3ccc([nH]3)=Cc3ccc([nH]3)C(c3ccc(S(=O)(=O)O)cc3)=c3cc(S(=O)(=O)O)c([nH]3)=Cc3ccc2[nH]3)cc1. The van der Waals surface area contributed by atoms with Crippen LogP contribution in [0.2, 0.25) is 0 Å². The first-order valence-electron chi connectivity index (χ1n) is 14.0. The number of nitrogens with one attached hydrogen (secondary N) is 4. The maximum absolute atomic E-state index is 12.6. The highest BCUT2D eigenvalue weighted by Gasteiger charge is 2.19. The molecular weight excluding hydrogens is 681 g/mol. The minimum absolute atomic E-state index is 0.0413. The van der Waals surface area contributed by atoms with E-state index < -0.39 is 35.2 Å². The summed E-state index contributed by atoms with van der Waals surface area (Å²) in [5.41, 5.74) is 4.34. The Morgan fingerprint density at radius 1 is 0.458 bits per heavy atom. The van der Waals surface area contributed by atoms with Gasteiger partial charge in [-0.1, -0.05) is 24.3 Å². The maximum atomic E-state index is 12.6. The molecule has 0 amide bonds. The van der Waals surface area contributed by atoms with Crippen LogP contribution in [-0.4, -0.2) is 58.8 Å². The summed E-state index contributed by atoms with van der Waals surface area (Å²) in [4.78, 5) is 12.0. The fraction of sp³-hybridized carbons (Fsp3) is 0. The highest BCUT2D eigenvalue weighted by molar-refractivity contribution is 7.86. The third-order valence-electron chi connectivity index (χ3n) is 7.78. The molecular formula is C32H24N4O9S3. The molecule has 1 aliphatic heterocycles. The van der Waals surface area contributed by atoms with Gasteiger partial charge in [0.05, 0.1) is 15.1 Å². The van der Waals surface area contributed by atoms with Crippen LogP contribution < -0.4 is 21.4 Å². The molecule has 13 nitrogen and oxygen atoms in total. The van der Waals surface area contributed by atoms with Crippen molar-refractivity contribution in [3.8, 4) is 0 Å². The van der Waals surface area contributed by atoms with Gasteiger partial charge in [-0.2, -0.15) is 25.3 Å². The summed E-state index contributed by atoms with van der Waals surface area (Å²) in [6.07, 6.45) is 3.32. The summed E-state index contributed by atoms with van der Waals surface area (Å²) in [7, 11) is -13.6. The van der Waals surface area contributed by atoms with E-state index in [-0.39, 0.29) is 20.5 Å². The van der Waals surface area contributed by atoms with Crippen LogP contribution in [0.5, 0.6) is 0 Å². The number of hydrogen-bond acceptors (Lipinski definition) is 6. The molecule has 7 rings (SSSR count). The van der Waals surface area contributed by atoms with Crippen molar-refractivity contribution < 1.29 is 38.9 Å². The molecule has 0 saturated heterocycles. The van der Waals surface area contributed by atoms with Crippen LogP contribution >= 0.6 is 0 Å². The fourth-order valence-corrected chi connectivity index (χ4v) is 7.27. The Kier molecular flexibility index (Phi) is 7.31. The predicted molar refractivity (Wildman–Crippen MR) is 174 cm³/mol. The van der Waals surface area contributed by atoms with Crippen molar-refractivity contribution in [1.29, 1.82) is 0 Å². The minimum Gasteiger partial charge on any atom is -0.355 e. The lowest BCUT2D eigenvalue weighted by Crippen LogP contribution is -2.17. The highest BCUT2D eigenvalue weighted by Crippen LogP contribution is 2.24. The first-order valence-corrected chi connectivity index (χ1v) is 18.3. The number of fused-ring (bicyclic) bond motifs is 8. The van der Waals surface area contributed by atoms with Gasteiger partial charge in [-0.05, 0) is 90.0 Å². The number of benzene rings is 2. The van der Waals surface area contributed by atoms with Crippen molar-refractivity contribution >= 4 is 53.7 Å². The van der Waals surface area contributed by atoms with Gasteiger partial charge in [0.1, 0.15) is 4.90 Å². The Labute approximate surface area is 272 Å². The number of rotatable bonds is 5. The van der Waals surface area contributed by atoms with Crippen LogP contribution in [0, 0.1) is 0 Å². The lowest BCUT2D eigenvalue weighted by molar-refractivity contribution is 0.480. The van der Waals surface area contributed by atoms with E-state index in [1.165, 1.54) is 48.5 Å². The Hall–Kier alpha value is -5.23. The second-order valence-corrected chi connectivity index (χ2v) is 15.2. The molecule has 2 aromatic carbocycles. The first-order chi connectivity index (χ1) is 22.6. The number of aromatic nitrogens is 4. The summed E-state index contributed by atoms with van der Waals surface area (Å²) in [5, 5.41) is 1.67. The second kappa shape index (κ2) is 11.2. The van der Waals surface area contributed by atoms with Gasteiger partial charge < -0.3 is 19.9 Å². The molecule has 0 aliphatic carbocycles. The van der Waals surface area contributed by atoms with Crippen LogP contribution in [0.1, 0.15) is 33.9 Å². The van der Waals surface area contributed by atoms with Gasteiger partial charge in [0.15, 0.2) is 0 Å². The third kappa shape index (κ3) is 5.99. The van der Waals surface area contributed by atoms with Gasteiger partial charge in [0, 0.05) is 50.0 Å². The van der Waals surface area contributed by atoms with E-state index >= 15 is 0 Å². The lowest BCUT2D eigenvalue weighted by atomic mass is 10.0. The molecule has 0 saturated carbocycles. The zero-order valence-corrected chi connectivity index (χ0v) is 26.8. The second-order valence-electron chi connectivity index (χ2n) is 11.0. The molecule has 0 unspecified atom stereocenters. The van der Waals surface area contributed by atoms with Crippen LogP contribution in [0.4, 0.5) is 0 Å². The quantitative estimate of drug-likeness (QED) is 0.128. The smallest absolute Gasteiger partial charge is 0.296 e. The molecule has 8 bridgehead atoms. The predicted octanol–water partition coefficient (Wildman–Crippen LogP) is 1.20. The van der Waals surface area contributed by atoms with E-state index in [1.807, 2.05) is 18.2 Å². The topological polar surface area (TPSA) is 226 Å². The van der Waals surface area contributed by atoms with Crippen molar-refractivity contribution in [2.75, 3.05) is 0 Å². The van der Waals surface area contributed by atoms with E-state index in [0.29, 0.717) is 55.7 Å². The van der Waals surface area contributed by atoms with E-state index in [1.54, 1.807) is 36.4 Å². The van der Waals surface area contributed by atoms with Gasteiger partial charge in [-0.15, -0.1) is 0 Å². The standard InChI is InChI=1S/C32H24N4O9S3/c37-46(38,39)23-8-1-18(2-9-23)31-25-12-5-20(33-25)15-21-6-13-27(34-21)32(19-3-10-24(11-4-19)47(40,41)42)29-17-30(48(43,44)45)28(36-29)16-22-7-14-26(31)35-22/h1-17,33-36H,(H,37,38,39)(H,40,41,42)(H,43,44,45). The van der Waals surface area contributed by atoms with Crippen LogP contribution in [0.15, 0.2) is 106 Å². The Morgan fingerprint density at radius 2 is 0.958 bits per heavy atom. The van der Waals surface area contributed by atoms with E-state index in [2.05, 4.69) is 19.9 Å². The number of hydrogen-bond donors (Lipinski definition) is 7. The molecule has 1 aliphatic rings. The summed E-state index contributed by atoms with van der Waals surface area (Å²) in [5.74, 6) is 0. The summed E-state index contributed by atoms with van der Waals surface area (Å²) < 4.78 is 101. The van der Waals surface area contributed by atoms with Crippen molar-refractivity contribution in [3.63, 3.8) is 0 Å². The van der Waals surface area contributed by atoms with Crippen molar-refractivity contribution in [2.45, 2.75) is 14.7 Å². The Morgan fingerprint density at radius 3 is 1.46 bits per heavy atom. The molecule has 0 fully saturated rings. The largest absolute Gasteiger partial charge is 0.355 e. The number of H-pyrrole nitrogens is 4. The molecule has 5 heterocycles. The van der Waals surface area contributed by atoms with Crippen LogP contribution in [0.25, 0.3) is 23.3 Å². The van der Waals surface area contributed by atoms with E-state index in [9.17, 15) is 38.9 Å². The van der Waals surface area contributed by atoms with Gasteiger partial charge in [-0.3, -0.25) is 13.7 Å². The molecule has 244 valence electrons. The van der Waals surface area contributed by atoms with Crippen molar-refractivity contribution in [1.82, 2.24) is 19.9 Å². The monoisotopic (exact) mass is 704 g/mol. The van der Waals surface area contributed by atoms with Gasteiger partial charge >= 0.3 is 0 Å². The third-order valence-corrected chi connectivity index (χ3v) is 10.4. The molecule has 6 aromatic rings. The summed E-state index contributed by atoms with van der Waals surface area (Å²) in [6.45, 7) is 0. The molecule has 7 N–H and O–H groups in total. The molecule has 4 aromatic heterocycles. The number of aromatic amines is 4.